The van der Waals surface area contributed by atoms with E-state index in [1.807, 2.05) is 18.4 Å². The summed E-state index contributed by atoms with van der Waals surface area (Å²) in [5.41, 5.74) is 3.44. The standard InChI is InChI=1S/C26H21ClFN5O3/c1-12(2)33-20-8-7-14(25(35)36)10-18(20)30-26(33)32-24(34)15-9-13(3)22-19(11-15)29-23(31-22)21-16(27)5-4-6-17(21)28/h4-12H,1-3H3,(H,29,31)(H,35,36)(H,30,32,34)/p-1. The van der Waals surface area contributed by atoms with Crippen molar-refractivity contribution in [1.82, 2.24) is 19.5 Å². The van der Waals surface area contributed by atoms with E-state index in [1.165, 1.54) is 24.3 Å². The predicted molar refractivity (Wildman–Crippen MR) is 134 cm³/mol. The van der Waals surface area contributed by atoms with Gasteiger partial charge in [-0.15, -0.1) is 0 Å². The van der Waals surface area contributed by atoms with Gasteiger partial charge in [-0.1, -0.05) is 23.7 Å². The molecule has 182 valence electrons. The van der Waals surface area contributed by atoms with Gasteiger partial charge in [0.2, 0.25) is 5.95 Å². The molecule has 0 bridgehead atoms. The number of carbonyl (C=O) groups is 2. The van der Waals surface area contributed by atoms with Gasteiger partial charge >= 0.3 is 0 Å². The average molecular weight is 505 g/mol. The number of hydrogen-bond donors (Lipinski definition) is 2. The lowest BCUT2D eigenvalue weighted by molar-refractivity contribution is -0.255. The van der Waals surface area contributed by atoms with Crippen LogP contribution in [0.4, 0.5) is 10.3 Å². The highest BCUT2D eigenvalue weighted by Crippen LogP contribution is 2.31. The molecule has 2 aromatic heterocycles. The lowest BCUT2D eigenvalue weighted by Gasteiger charge is -2.14. The molecule has 5 aromatic rings. The predicted octanol–water partition coefficient (Wildman–Crippen LogP) is 4.88. The van der Waals surface area contributed by atoms with Crippen LogP contribution in [0.1, 0.15) is 46.2 Å². The maximum atomic E-state index is 14.4. The number of benzene rings is 3. The van der Waals surface area contributed by atoms with E-state index in [1.54, 1.807) is 31.2 Å². The van der Waals surface area contributed by atoms with Gasteiger partial charge in [-0.05, 0) is 68.3 Å². The van der Waals surface area contributed by atoms with Gasteiger partial charge in [-0.3, -0.25) is 10.1 Å². The van der Waals surface area contributed by atoms with E-state index in [4.69, 9.17) is 11.6 Å². The van der Waals surface area contributed by atoms with E-state index < -0.39 is 17.7 Å². The van der Waals surface area contributed by atoms with Gasteiger partial charge in [-0.2, -0.15) is 0 Å². The lowest BCUT2D eigenvalue weighted by Crippen LogP contribution is -2.22. The third-order valence-electron chi connectivity index (χ3n) is 5.91. The number of nitrogens with one attached hydrogen (secondary N) is 2. The van der Waals surface area contributed by atoms with E-state index in [-0.39, 0.29) is 34.0 Å². The summed E-state index contributed by atoms with van der Waals surface area (Å²) in [6.45, 7) is 5.66. The van der Waals surface area contributed by atoms with Crippen LogP contribution in [-0.2, 0) is 0 Å². The maximum absolute atomic E-state index is 14.4. The number of hydrogen-bond acceptors (Lipinski definition) is 5. The van der Waals surface area contributed by atoms with Crippen molar-refractivity contribution in [2.45, 2.75) is 26.8 Å². The number of aromatic nitrogens is 4. The molecular formula is C26H20ClFN5O3-. The molecular weight excluding hydrogens is 485 g/mol. The van der Waals surface area contributed by atoms with E-state index in [0.717, 1.165) is 0 Å². The summed E-state index contributed by atoms with van der Waals surface area (Å²) in [5.74, 6) is -1.69. The van der Waals surface area contributed by atoms with E-state index >= 15 is 0 Å². The topological polar surface area (TPSA) is 116 Å². The molecule has 5 rings (SSSR count). The maximum Gasteiger partial charge on any atom is 0.258 e. The van der Waals surface area contributed by atoms with Crippen molar-refractivity contribution in [2.24, 2.45) is 0 Å². The molecule has 0 fully saturated rings. The molecule has 0 unspecified atom stereocenters. The van der Waals surface area contributed by atoms with E-state index in [0.29, 0.717) is 33.2 Å². The van der Waals surface area contributed by atoms with Crippen LogP contribution in [0.2, 0.25) is 5.02 Å². The van der Waals surface area contributed by atoms with Crippen LogP contribution in [0.15, 0.2) is 48.5 Å². The minimum atomic E-state index is -1.30. The van der Waals surface area contributed by atoms with Crippen molar-refractivity contribution < 1.29 is 19.1 Å². The summed E-state index contributed by atoms with van der Waals surface area (Å²) in [6, 6.07) is 12.1. The number of imidazole rings is 2. The zero-order valence-electron chi connectivity index (χ0n) is 19.5. The summed E-state index contributed by atoms with van der Waals surface area (Å²) >= 11 is 6.19. The number of nitrogens with zero attached hydrogens (tertiary/aromatic N) is 3. The fraction of sp³-hybridized carbons (Fsp3) is 0.154. The Balaban J connectivity index is 1.53. The van der Waals surface area contributed by atoms with Crippen LogP contribution in [0.3, 0.4) is 0 Å². The SMILES string of the molecule is Cc1cc(C(=O)Nc2nc3cc(C(=O)[O-])ccc3n2C(C)C)cc2[nH]c(-c3c(F)cccc3Cl)nc12. The lowest BCUT2D eigenvalue weighted by atomic mass is 10.1. The van der Waals surface area contributed by atoms with Crippen molar-refractivity contribution in [3.8, 4) is 11.4 Å². The molecule has 0 atom stereocenters. The molecule has 0 aliphatic carbocycles. The van der Waals surface area contributed by atoms with Crippen LogP contribution in [0.5, 0.6) is 0 Å². The van der Waals surface area contributed by atoms with Gasteiger partial charge in [0.05, 0.1) is 38.6 Å². The third kappa shape index (κ3) is 3.97. The molecule has 3 aromatic carbocycles. The minimum Gasteiger partial charge on any atom is -0.545 e. The highest BCUT2D eigenvalue weighted by Gasteiger charge is 2.20. The number of rotatable bonds is 5. The van der Waals surface area contributed by atoms with Crippen molar-refractivity contribution in [2.75, 3.05) is 5.32 Å². The first kappa shape index (κ1) is 23.5. The number of amides is 1. The number of aromatic amines is 1. The molecule has 2 N–H and O–H groups in total. The highest BCUT2D eigenvalue weighted by molar-refractivity contribution is 6.33. The molecule has 0 saturated carbocycles. The summed E-state index contributed by atoms with van der Waals surface area (Å²) in [4.78, 5) is 36.5. The second-order valence-electron chi connectivity index (χ2n) is 8.72. The van der Waals surface area contributed by atoms with E-state index in [9.17, 15) is 19.1 Å². The first-order valence-corrected chi connectivity index (χ1v) is 11.5. The smallest absolute Gasteiger partial charge is 0.258 e. The Labute approximate surface area is 209 Å². The Kier molecular flexibility index (Phi) is 5.72. The fourth-order valence-corrected chi connectivity index (χ4v) is 4.53. The zero-order chi connectivity index (χ0) is 25.7. The van der Waals surface area contributed by atoms with Crippen LogP contribution < -0.4 is 10.4 Å². The Hall–Kier alpha value is -4.24. The molecule has 10 heteroatoms. The number of aromatic carboxylic acids is 1. The Morgan fingerprint density at radius 1 is 1.11 bits per heavy atom. The minimum absolute atomic E-state index is 0.000126. The van der Waals surface area contributed by atoms with Gasteiger partial charge < -0.3 is 19.5 Å². The quantitative estimate of drug-likeness (QED) is 0.354. The summed E-state index contributed by atoms with van der Waals surface area (Å²) in [5, 5.41) is 14.3. The molecule has 0 spiro atoms. The first-order chi connectivity index (χ1) is 17.1. The molecule has 0 radical (unpaired) electrons. The molecule has 36 heavy (non-hydrogen) atoms. The van der Waals surface area contributed by atoms with Gasteiger partial charge in [0.25, 0.3) is 5.91 Å². The Morgan fingerprint density at radius 2 is 1.89 bits per heavy atom. The van der Waals surface area contributed by atoms with Gasteiger partial charge in [-0.25, -0.2) is 14.4 Å². The number of aryl methyl sites for hydroxylation is 1. The first-order valence-electron chi connectivity index (χ1n) is 11.1. The molecule has 0 aliphatic rings. The summed E-state index contributed by atoms with van der Waals surface area (Å²) < 4.78 is 16.2. The summed E-state index contributed by atoms with van der Waals surface area (Å²) in [7, 11) is 0. The fourth-order valence-electron chi connectivity index (χ4n) is 4.27. The van der Waals surface area contributed by atoms with Gasteiger partial charge in [0.1, 0.15) is 11.6 Å². The monoisotopic (exact) mass is 504 g/mol. The number of anilines is 1. The normalized spacial score (nSPS) is 11.5. The molecule has 0 aliphatic heterocycles. The summed E-state index contributed by atoms with van der Waals surface area (Å²) in [6.07, 6.45) is 0. The Bertz CT molecular complexity index is 1670. The van der Waals surface area contributed by atoms with Crippen LogP contribution >= 0.6 is 11.6 Å². The second kappa shape index (κ2) is 8.76. The highest BCUT2D eigenvalue weighted by atomic mass is 35.5. The number of halogens is 2. The third-order valence-corrected chi connectivity index (χ3v) is 6.22. The van der Waals surface area contributed by atoms with Gasteiger partial charge in [0, 0.05) is 11.6 Å². The van der Waals surface area contributed by atoms with Crippen molar-refractivity contribution in [3.63, 3.8) is 0 Å². The van der Waals surface area contributed by atoms with Crippen LogP contribution in [-0.4, -0.2) is 31.4 Å². The zero-order valence-corrected chi connectivity index (χ0v) is 20.3. The number of fused-ring (bicyclic) bond motifs is 2. The van der Waals surface area contributed by atoms with Crippen molar-refractivity contribution in [1.29, 1.82) is 0 Å². The molecule has 1 amide bonds. The molecule has 8 nitrogen and oxygen atoms in total. The number of carboxylic acids is 1. The molecule has 0 saturated heterocycles. The molecule has 2 heterocycles. The van der Waals surface area contributed by atoms with Crippen LogP contribution in [0, 0.1) is 12.7 Å². The van der Waals surface area contributed by atoms with E-state index in [2.05, 4.69) is 20.3 Å². The average Bonchev–Trinajstić information content (AvgIpc) is 3.39. The second-order valence-corrected chi connectivity index (χ2v) is 9.12. The van der Waals surface area contributed by atoms with Crippen molar-refractivity contribution in [3.05, 3.63) is 76.1 Å². The number of H-pyrrole nitrogens is 1. The largest absolute Gasteiger partial charge is 0.545 e. The number of carbonyl (C=O) groups excluding carboxylic acids is 2. The van der Waals surface area contributed by atoms with Crippen LogP contribution in [0.25, 0.3) is 33.5 Å². The number of carboxylic acid groups (broad SMARTS) is 1. The van der Waals surface area contributed by atoms with Crippen molar-refractivity contribution >= 4 is 51.5 Å². The van der Waals surface area contributed by atoms with Gasteiger partial charge in [0.15, 0.2) is 0 Å². The Morgan fingerprint density at radius 3 is 2.58 bits per heavy atom.